The van der Waals surface area contributed by atoms with E-state index in [0.29, 0.717) is 31.0 Å². The van der Waals surface area contributed by atoms with Crippen molar-refractivity contribution in [3.8, 4) is 0 Å². The molecule has 0 aliphatic carbocycles. The molecule has 2 saturated heterocycles. The first-order valence-corrected chi connectivity index (χ1v) is 8.00. The molecule has 2 heterocycles. The highest BCUT2D eigenvalue weighted by Crippen LogP contribution is 2.38. The Bertz CT molecular complexity index is 557. The minimum atomic E-state index is -0.423. The van der Waals surface area contributed by atoms with Crippen LogP contribution in [0.5, 0.6) is 0 Å². The molecular weight excluding hydrogens is 319 g/mol. The number of carbonyl (C=O) groups is 1. The summed E-state index contributed by atoms with van der Waals surface area (Å²) in [6.07, 6.45) is 1.87. The molecule has 0 saturated carbocycles. The van der Waals surface area contributed by atoms with E-state index in [2.05, 4.69) is 6.92 Å². The van der Waals surface area contributed by atoms with Crippen LogP contribution in [-0.4, -0.2) is 36.1 Å². The number of halogens is 2. The van der Waals surface area contributed by atoms with Gasteiger partial charge in [-0.1, -0.05) is 25.1 Å². The number of carbonyl (C=O) groups excluding carboxylic acids is 1. The highest BCUT2D eigenvalue weighted by atomic mass is 35.5. The highest BCUT2D eigenvalue weighted by Gasteiger charge is 2.40. The fourth-order valence-corrected chi connectivity index (χ4v) is 3.58. The molecule has 3 rings (SSSR count). The molecule has 2 aliphatic heterocycles. The van der Waals surface area contributed by atoms with Gasteiger partial charge in [0.25, 0.3) is 5.91 Å². The van der Waals surface area contributed by atoms with Gasteiger partial charge in [0, 0.05) is 18.7 Å². The van der Waals surface area contributed by atoms with Gasteiger partial charge in [0.1, 0.15) is 11.9 Å². The van der Waals surface area contributed by atoms with E-state index in [4.69, 9.17) is 10.5 Å². The topological polar surface area (TPSA) is 55.6 Å². The number of nitrogens with two attached hydrogens (primary N) is 1. The summed E-state index contributed by atoms with van der Waals surface area (Å²) in [6.45, 7) is 3.20. The van der Waals surface area contributed by atoms with Gasteiger partial charge in [-0.05, 0) is 31.2 Å². The summed E-state index contributed by atoms with van der Waals surface area (Å²) in [5, 5.41) is 0. The first kappa shape index (κ1) is 18.2. The molecule has 0 spiro atoms. The van der Waals surface area contributed by atoms with Gasteiger partial charge >= 0.3 is 0 Å². The minimum Gasteiger partial charge on any atom is -0.364 e. The van der Waals surface area contributed by atoms with Gasteiger partial charge in [-0.25, -0.2) is 4.39 Å². The normalized spacial score (nSPS) is 30.3. The van der Waals surface area contributed by atoms with Gasteiger partial charge < -0.3 is 15.4 Å². The Labute approximate surface area is 142 Å². The number of nitrogens with zero attached hydrogens (tertiary/aromatic N) is 1. The zero-order valence-electron chi connectivity index (χ0n) is 13.3. The van der Waals surface area contributed by atoms with Crippen LogP contribution in [0.4, 0.5) is 4.39 Å². The summed E-state index contributed by atoms with van der Waals surface area (Å²) < 4.78 is 19.8. The van der Waals surface area contributed by atoms with Crippen LogP contribution in [0.15, 0.2) is 24.3 Å². The quantitative estimate of drug-likeness (QED) is 0.918. The zero-order valence-corrected chi connectivity index (χ0v) is 14.1. The number of ether oxygens (including phenoxy) is 1. The standard InChI is InChI=1S/C17H23FN2O2.ClH/c1-11-8-15(13-4-2-3-5-14(13)18)20(10-11)17(21)16-7-6-12(9-19)22-16;/h2-5,11-12,15-16H,6-10,19H2,1H3;1H/t11?,12-,15?,16+;/m1./s1. The predicted molar refractivity (Wildman–Crippen MR) is 88.8 cm³/mol. The largest absolute Gasteiger partial charge is 0.364 e. The molecule has 0 radical (unpaired) electrons. The molecular formula is C17H24ClFN2O2. The van der Waals surface area contributed by atoms with Crippen molar-refractivity contribution in [3.05, 3.63) is 35.6 Å². The van der Waals surface area contributed by atoms with Crippen LogP contribution in [0.2, 0.25) is 0 Å². The van der Waals surface area contributed by atoms with Crippen LogP contribution in [0.1, 0.15) is 37.8 Å². The average molecular weight is 343 g/mol. The lowest BCUT2D eigenvalue weighted by Gasteiger charge is -2.28. The molecule has 6 heteroatoms. The van der Waals surface area contributed by atoms with Gasteiger partial charge in [-0.3, -0.25) is 4.79 Å². The van der Waals surface area contributed by atoms with E-state index in [-0.39, 0.29) is 36.3 Å². The molecule has 4 nitrogen and oxygen atoms in total. The first-order valence-electron chi connectivity index (χ1n) is 8.00. The molecule has 128 valence electrons. The Morgan fingerprint density at radius 2 is 2.13 bits per heavy atom. The number of amides is 1. The number of hydrogen-bond donors (Lipinski definition) is 1. The van der Waals surface area contributed by atoms with Gasteiger partial charge in [-0.15, -0.1) is 12.4 Å². The van der Waals surface area contributed by atoms with Crippen molar-refractivity contribution in [2.45, 2.75) is 44.4 Å². The summed E-state index contributed by atoms with van der Waals surface area (Å²) in [5.74, 6) is 0.0976. The Kier molecular flexibility index (Phi) is 6.00. The molecule has 0 bridgehead atoms. The molecule has 4 atom stereocenters. The molecule has 2 unspecified atom stereocenters. The van der Waals surface area contributed by atoms with Crippen LogP contribution in [0.3, 0.4) is 0 Å². The SMILES string of the molecule is CC1CC(c2ccccc2F)N(C(=O)[C@@H]2CC[C@H](CN)O2)C1.Cl. The van der Waals surface area contributed by atoms with Crippen molar-refractivity contribution in [3.63, 3.8) is 0 Å². The number of rotatable bonds is 3. The maximum Gasteiger partial charge on any atom is 0.252 e. The Morgan fingerprint density at radius 3 is 2.78 bits per heavy atom. The third kappa shape index (κ3) is 3.67. The fraction of sp³-hybridized carbons (Fsp3) is 0.588. The molecule has 1 aromatic rings. The number of likely N-dealkylation sites (tertiary alicyclic amines) is 1. The van der Waals surface area contributed by atoms with E-state index in [9.17, 15) is 9.18 Å². The van der Waals surface area contributed by atoms with E-state index in [1.807, 2.05) is 6.07 Å². The minimum absolute atomic E-state index is 0. The van der Waals surface area contributed by atoms with Crippen molar-refractivity contribution >= 4 is 18.3 Å². The van der Waals surface area contributed by atoms with Crippen LogP contribution in [0, 0.1) is 11.7 Å². The second-order valence-corrected chi connectivity index (χ2v) is 6.43. The molecule has 2 fully saturated rings. The van der Waals surface area contributed by atoms with E-state index in [1.165, 1.54) is 6.07 Å². The first-order chi connectivity index (χ1) is 10.6. The number of benzene rings is 1. The van der Waals surface area contributed by atoms with Gasteiger partial charge in [0.2, 0.25) is 0 Å². The second-order valence-electron chi connectivity index (χ2n) is 6.43. The summed E-state index contributed by atoms with van der Waals surface area (Å²) in [5.41, 5.74) is 6.22. The number of hydrogen-bond acceptors (Lipinski definition) is 3. The van der Waals surface area contributed by atoms with Crippen molar-refractivity contribution in [2.75, 3.05) is 13.1 Å². The molecule has 1 amide bonds. The Hall–Kier alpha value is -1.17. The fourth-order valence-electron chi connectivity index (χ4n) is 3.58. The van der Waals surface area contributed by atoms with Crippen molar-refractivity contribution < 1.29 is 13.9 Å². The maximum absolute atomic E-state index is 14.1. The Morgan fingerprint density at radius 1 is 1.39 bits per heavy atom. The lowest BCUT2D eigenvalue weighted by Crippen LogP contribution is -2.39. The maximum atomic E-state index is 14.1. The molecule has 1 aromatic carbocycles. The molecule has 23 heavy (non-hydrogen) atoms. The van der Waals surface area contributed by atoms with E-state index < -0.39 is 6.10 Å². The van der Waals surface area contributed by atoms with Crippen molar-refractivity contribution in [1.29, 1.82) is 0 Å². The summed E-state index contributed by atoms with van der Waals surface area (Å²) in [6, 6.07) is 6.54. The Balaban J connectivity index is 0.00000192. The lowest BCUT2D eigenvalue weighted by molar-refractivity contribution is -0.143. The third-order valence-corrected chi connectivity index (χ3v) is 4.70. The van der Waals surface area contributed by atoms with Crippen LogP contribution in [0.25, 0.3) is 0 Å². The van der Waals surface area contributed by atoms with Gasteiger partial charge in [-0.2, -0.15) is 0 Å². The van der Waals surface area contributed by atoms with E-state index in [1.54, 1.807) is 17.0 Å². The van der Waals surface area contributed by atoms with Crippen molar-refractivity contribution in [2.24, 2.45) is 11.7 Å². The molecule has 2 aliphatic rings. The third-order valence-electron chi connectivity index (χ3n) is 4.70. The summed E-state index contributed by atoms with van der Waals surface area (Å²) in [7, 11) is 0. The summed E-state index contributed by atoms with van der Waals surface area (Å²) >= 11 is 0. The van der Waals surface area contributed by atoms with Crippen LogP contribution >= 0.6 is 12.4 Å². The monoisotopic (exact) mass is 342 g/mol. The zero-order chi connectivity index (χ0) is 15.7. The molecule has 2 N–H and O–H groups in total. The van der Waals surface area contributed by atoms with Gasteiger partial charge in [0.15, 0.2) is 0 Å². The lowest BCUT2D eigenvalue weighted by atomic mass is 10.00. The highest BCUT2D eigenvalue weighted by molar-refractivity contribution is 5.85. The van der Waals surface area contributed by atoms with E-state index >= 15 is 0 Å². The predicted octanol–water partition coefficient (Wildman–Crippen LogP) is 2.66. The average Bonchev–Trinajstić information content (AvgIpc) is 3.13. The molecule has 0 aromatic heterocycles. The van der Waals surface area contributed by atoms with Crippen LogP contribution < -0.4 is 5.73 Å². The van der Waals surface area contributed by atoms with E-state index in [0.717, 1.165) is 12.8 Å². The van der Waals surface area contributed by atoms with Gasteiger partial charge in [0.05, 0.1) is 12.1 Å². The smallest absolute Gasteiger partial charge is 0.252 e. The second kappa shape index (κ2) is 7.60. The van der Waals surface area contributed by atoms with Crippen molar-refractivity contribution in [1.82, 2.24) is 4.90 Å². The van der Waals surface area contributed by atoms with Crippen LogP contribution in [-0.2, 0) is 9.53 Å². The summed E-state index contributed by atoms with van der Waals surface area (Å²) in [4.78, 5) is 14.6.